The highest BCUT2D eigenvalue weighted by Gasteiger charge is 2.58. The van der Waals surface area contributed by atoms with Crippen molar-refractivity contribution in [3.63, 3.8) is 0 Å². The summed E-state index contributed by atoms with van der Waals surface area (Å²) in [6.45, 7) is 1.35. The molecule has 10 nitrogen and oxygen atoms in total. The average molecular weight is 439 g/mol. The molecule has 0 radical (unpaired) electrons. The van der Waals surface area contributed by atoms with Crippen molar-refractivity contribution in [2.24, 2.45) is 11.7 Å². The predicted octanol–water partition coefficient (Wildman–Crippen LogP) is 0.938. The van der Waals surface area contributed by atoms with Crippen LogP contribution < -0.4 is 5.73 Å². The summed E-state index contributed by atoms with van der Waals surface area (Å²) < 4.78 is 5.71. The number of aliphatic hydroxyl groups is 1. The fourth-order valence-corrected chi connectivity index (χ4v) is 5.56. The first-order valence-corrected chi connectivity index (χ1v) is 10.3. The van der Waals surface area contributed by atoms with E-state index in [-0.39, 0.29) is 23.7 Å². The number of thioether (sulfide) groups is 2. The number of ether oxygens (including phenoxy) is 1. The second-order valence-electron chi connectivity index (χ2n) is 6.37. The molecule has 0 bridgehead atoms. The summed E-state index contributed by atoms with van der Waals surface area (Å²) in [7, 11) is 0. The summed E-state index contributed by atoms with van der Waals surface area (Å²) in [4.78, 5) is 47.6. The molecule has 2 amide bonds. The Labute approximate surface area is 173 Å². The third kappa shape index (κ3) is 4.23. The monoisotopic (exact) mass is 439 g/mol. The largest absolute Gasteiger partial charge is 0.456 e. The Bertz CT molecular complexity index is 901. The molecule has 0 saturated carbocycles. The summed E-state index contributed by atoms with van der Waals surface area (Å²) in [5.41, 5.74) is 5.65. The van der Waals surface area contributed by atoms with E-state index in [9.17, 15) is 29.6 Å². The number of carbonyl (C=O) groups is 3. The van der Waals surface area contributed by atoms with Crippen LogP contribution in [0.2, 0.25) is 0 Å². The highest BCUT2D eigenvalue weighted by Crippen LogP contribution is 2.53. The average Bonchev–Trinajstić information content (AvgIpc) is 2.98. The van der Waals surface area contributed by atoms with E-state index < -0.39 is 40.1 Å². The van der Waals surface area contributed by atoms with E-state index in [0.29, 0.717) is 9.80 Å². The highest BCUT2D eigenvalue weighted by atomic mass is 32.2. The van der Waals surface area contributed by atoms with Gasteiger partial charge in [0, 0.05) is 12.1 Å². The van der Waals surface area contributed by atoms with Crippen LogP contribution in [0.3, 0.4) is 0 Å². The van der Waals surface area contributed by atoms with E-state index >= 15 is 0 Å². The highest BCUT2D eigenvalue weighted by molar-refractivity contribution is 8.23. The molecule has 1 aromatic rings. The Morgan fingerprint density at radius 1 is 1.41 bits per heavy atom. The van der Waals surface area contributed by atoms with E-state index in [4.69, 9.17) is 10.5 Å². The van der Waals surface area contributed by atoms with Gasteiger partial charge in [0.2, 0.25) is 11.8 Å². The molecule has 1 saturated heterocycles. The van der Waals surface area contributed by atoms with E-state index in [1.165, 1.54) is 47.9 Å². The maximum atomic E-state index is 12.7. The standard InChI is InChI=1S/C17H17N3O7S2/c1-8(21)12-14(23)19-13(17(29-15(12)19)28-7-11(18)22)16(24)27-6-9-2-4-10(5-3-9)20(25)26/h2-5,8,12,15,21H,6-7H2,1H3,(H2,18,22)/t8?,12?,15-/m1/s1. The molecule has 2 aliphatic heterocycles. The number of carbonyl (C=O) groups excluding carboxylic acids is 3. The van der Waals surface area contributed by atoms with Crippen molar-refractivity contribution >= 4 is 47.0 Å². The third-order valence-corrected chi connectivity index (χ3v) is 7.00. The summed E-state index contributed by atoms with van der Waals surface area (Å²) >= 11 is 2.25. The Kier molecular flexibility index (Phi) is 6.15. The molecular formula is C17H17N3O7S2. The van der Waals surface area contributed by atoms with Crippen LogP contribution in [0.25, 0.3) is 0 Å². The number of esters is 1. The van der Waals surface area contributed by atoms with Gasteiger partial charge in [0.1, 0.15) is 12.0 Å². The van der Waals surface area contributed by atoms with Crippen LogP contribution in [0, 0.1) is 16.0 Å². The number of fused-ring (bicyclic) bond motifs is 1. The van der Waals surface area contributed by atoms with Gasteiger partial charge in [0.25, 0.3) is 5.69 Å². The minimum absolute atomic E-state index is 0.0232. The molecule has 12 heteroatoms. The Hall–Kier alpha value is -2.57. The Balaban J connectivity index is 1.74. The second-order valence-corrected chi connectivity index (χ2v) is 8.74. The van der Waals surface area contributed by atoms with Crippen LogP contribution in [-0.2, 0) is 25.7 Å². The molecule has 0 aromatic heterocycles. The number of primary amides is 1. The Morgan fingerprint density at radius 3 is 2.62 bits per heavy atom. The van der Waals surface area contributed by atoms with E-state index in [1.54, 1.807) is 0 Å². The van der Waals surface area contributed by atoms with Crippen LogP contribution in [0.4, 0.5) is 5.69 Å². The van der Waals surface area contributed by atoms with Crippen molar-refractivity contribution in [3.05, 3.63) is 49.9 Å². The molecule has 0 spiro atoms. The number of nitrogens with two attached hydrogens (primary N) is 1. The van der Waals surface area contributed by atoms with Gasteiger partial charge in [-0.05, 0) is 24.6 Å². The van der Waals surface area contributed by atoms with Crippen molar-refractivity contribution in [1.29, 1.82) is 0 Å². The number of nitro groups is 1. The molecule has 1 fully saturated rings. The molecule has 3 atom stereocenters. The minimum atomic E-state index is -0.880. The van der Waals surface area contributed by atoms with Crippen LogP contribution in [-0.4, -0.2) is 49.9 Å². The quantitative estimate of drug-likeness (QED) is 0.261. The van der Waals surface area contributed by atoms with Gasteiger partial charge in [-0.25, -0.2) is 4.79 Å². The van der Waals surface area contributed by atoms with Gasteiger partial charge >= 0.3 is 5.97 Å². The fraction of sp³-hybridized carbons (Fsp3) is 0.353. The maximum Gasteiger partial charge on any atom is 0.357 e. The first kappa shape index (κ1) is 21.1. The van der Waals surface area contributed by atoms with E-state index in [0.717, 1.165) is 11.8 Å². The van der Waals surface area contributed by atoms with Crippen molar-refractivity contribution in [2.45, 2.75) is 25.0 Å². The molecular weight excluding hydrogens is 422 g/mol. The molecule has 3 N–H and O–H groups in total. The van der Waals surface area contributed by atoms with E-state index in [2.05, 4.69) is 0 Å². The minimum Gasteiger partial charge on any atom is -0.456 e. The lowest BCUT2D eigenvalue weighted by Crippen LogP contribution is -2.60. The molecule has 2 aliphatic rings. The SMILES string of the molecule is CC(O)C1C(=O)N2C(C(=O)OCc3ccc([N+](=O)[O-])cc3)=C(SCC(N)=O)S[C@H]12. The number of nitro benzene ring substituents is 1. The van der Waals surface area contributed by atoms with Gasteiger partial charge in [-0.1, -0.05) is 11.8 Å². The third-order valence-electron chi connectivity index (χ3n) is 4.32. The predicted molar refractivity (Wildman–Crippen MR) is 105 cm³/mol. The first-order valence-electron chi connectivity index (χ1n) is 8.44. The summed E-state index contributed by atoms with van der Waals surface area (Å²) in [6.07, 6.45) is -0.880. The van der Waals surface area contributed by atoms with Crippen LogP contribution in [0.15, 0.2) is 34.2 Å². The molecule has 2 unspecified atom stereocenters. The fourth-order valence-electron chi connectivity index (χ4n) is 2.91. The molecule has 29 heavy (non-hydrogen) atoms. The number of aliphatic hydroxyl groups excluding tert-OH is 1. The van der Waals surface area contributed by atoms with Gasteiger partial charge in [-0.3, -0.25) is 24.6 Å². The van der Waals surface area contributed by atoms with E-state index in [1.807, 2.05) is 0 Å². The molecule has 3 rings (SSSR count). The summed E-state index contributed by atoms with van der Waals surface area (Å²) in [6, 6.07) is 5.52. The lowest BCUT2D eigenvalue weighted by atomic mass is 9.92. The van der Waals surface area contributed by atoms with Crippen molar-refractivity contribution < 1.29 is 29.2 Å². The van der Waals surface area contributed by atoms with Crippen molar-refractivity contribution in [2.75, 3.05) is 5.75 Å². The molecule has 154 valence electrons. The summed E-state index contributed by atoms with van der Waals surface area (Å²) in [5.74, 6) is -2.45. The van der Waals surface area contributed by atoms with Gasteiger partial charge in [0.05, 0.1) is 26.9 Å². The number of nitrogens with zero attached hydrogens (tertiary/aromatic N) is 2. The number of non-ortho nitro benzene ring substituents is 1. The van der Waals surface area contributed by atoms with Crippen molar-refractivity contribution in [1.82, 2.24) is 4.90 Å². The number of hydrogen-bond donors (Lipinski definition) is 2. The van der Waals surface area contributed by atoms with Crippen LogP contribution in [0.5, 0.6) is 0 Å². The lowest BCUT2D eigenvalue weighted by Gasteiger charge is -2.43. The zero-order valence-electron chi connectivity index (χ0n) is 15.1. The van der Waals surface area contributed by atoms with Crippen LogP contribution >= 0.6 is 23.5 Å². The van der Waals surface area contributed by atoms with Crippen LogP contribution in [0.1, 0.15) is 12.5 Å². The van der Waals surface area contributed by atoms with Gasteiger partial charge in [-0.15, -0.1) is 11.8 Å². The second kappa shape index (κ2) is 8.43. The normalized spacial score (nSPS) is 21.4. The molecule has 1 aromatic carbocycles. The summed E-state index contributed by atoms with van der Waals surface area (Å²) in [5, 5.41) is 20.1. The number of amides is 2. The zero-order chi connectivity index (χ0) is 21.3. The van der Waals surface area contributed by atoms with Gasteiger partial charge in [-0.2, -0.15) is 0 Å². The van der Waals surface area contributed by atoms with Crippen molar-refractivity contribution in [3.8, 4) is 0 Å². The van der Waals surface area contributed by atoms with Gasteiger partial charge < -0.3 is 15.6 Å². The number of rotatable bonds is 8. The first-order chi connectivity index (χ1) is 13.7. The smallest absolute Gasteiger partial charge is 0.357 e. The van der Waals surface area contributed by atoms with Gasteiger partial charge in [0.15, 0.2) is 5.70 Å². The lowest BCUT2D eigenvalue weighted by molar-refractivity contribution is -0.384. The molecule has 0 aliphatic carbocycles. The Morgan fingerprint density at radius 2 is 2.07 bits per heavy atom. The number of β-lactam (4-membered cyclic amide) rings is 1. The topological polar surface area (TPSA) is 153 Å². The number of hydrogen-bond acceptors (Lipinski definition) is 9. The molecule has 2 heterocycles. The number of benzene rings is 1. The maximum absolute atomic E-state index is 12.7. The zero-order valence-corrected chi connectivity index (χ0v) is 16.8.